The van der Waals surface area contributed by atoms with E-state index in [1.807, 2.05) is 7.05 Å². The van der Waals surface area contributed by atoms with Gasteiger partial charge in [-0.15, -0.1) is 0 Å². The van der Waals surface area contributed by atoms with Gasteiger partial charge in [0, 0.05) is 19.1 Å². The maximum Gasteiger partial charge on any atom is 0.297 e. The summed E-state index contributed by atoms with van der Waals surface area (Å²) in [6.45, 7) is 6.26. The molecule has 1 aliphatic carbocycles. The summed E-state index contributed by atoms with van der Waals surface area (Å²) < 4.78 is 5.56. The Bertz CT molecular complexity index is 331. The summed E-state index contributed by atoms with van der Waals surface area (Å²) in [5.74, 6) is 0.639. The minimum absolute atomic E-state index is 0.639. The lowest BCUT2D eigenvalue weighted by Crippen LogP contribution is -2.30. The molecule has 0 bridgehead atoms. The molecule has 0 amide bonds. The largest absolute Gasteiger partial charge is 0.432 e. The van der Waals surface area contributed by atoms with Crippen molar-refractivity contribution in [2.24, 2.45) is 5.92 Å². The maximum atomic E-state index is 5.56. The van der Waals surface area contributed by atoms with Crippen LogP contribution in [0.2, 0.25) is 0 Å². The van der Waals surface area contributed by atoms with Crippen molar-refractivity contribution in [3.05, 3.63) is 12.0 Å². The van der Waals surface area contributed by atoms with Gasteiger partial charge in [-0.2, -0.15) is 4.98 Å². The first kappa shape index (κ1) is 11.5. The normalized spacial score (nSPS) is 15.8. The first-order valence-corrected chi connectivity index (χ1v) is 6.06. The second kappa shape index (κ2) is 4.87. The lowest BCUT2D eigenvalue weighted by atomic mass is 10.2. The number of anilines is 1. The maximum absolute atomic E-state index is 5.56. The quantitative estimate of drug-likeness (QED) is 0.801. The topological polar surface area (TPSA) is 41.3 Å². The monoisotopic (exact) mass is 223 g/mol. The Kier molecular flexibility index (Phi) is 3.49. The molecular weight excluding hydrogens is 202 g/mol. The Morgan fingerprint density at radius 3 is 2.88 bits per heavy atom. The molecule has 4 nitrogen and oxygen atoms in total. The Morgan fingerprint density at radius 2 is 2.31 bits per heavy atom. The minimum Gasteiger partial charge on any atom is -0.432 e. The van der Waals surface area contributed by atoms with Crippen molar-refractivity contribution >= 4 is 6.01 Å². The molecule has 2 rings (SSSR count). The van der Waals surface area contributed by atoms with Crippen molar-refractivity contribution in [1.82, 2.24) is 10.3 Å². The number of oxazole rings is 1. The molecule has 1 N–H and O–H groups in total. The van der Waals surface area contributed by atoms with Crippen molar-refractivity contribution in [2.45, 2.75) is 39.3 Å². The minimum atomic E-state index is 0.639. The third-order valence-corrected chi connectivity index (χ3v) is 2.69. The van der Waals surface area contributed by atoms with Gasteiger partial charge in [0.25, 0.3) is 6.01 Å². The standard InChI is InChI=1S/C12H21N3O/c1-9(2)7-15(11-4-5-11)12-14-10(6-13-3)8-16-12/h8-9,11,13H,4-7H2,1-3H3. The lowest BCUT2D eigenvalue weighted by molar-refractivity contribution is 0.503. The van der Waals surface area contributed by atoms with Gasteiger partial charge < -0.3 is 14.6 Å². The molecule has 0 atom stereocenters. The van der Waals surface area contributed by atoms with Crippen molar-refractivity contribution < 1.29 is 4.42 Å². The van der Waals surface area contributed by atoms with Gasteiger partial charge in [0.05, 0.1) is 5.69 Å². The van der Waals surface area contributed by atoms with Gasteiger partial charge in [0.1, 0.15) is 6.26 Å². The Morgan fingerprint density at radius 1 is 1.56 bits per heavy atom. The van der Waals surface area contributed by atoms with Crippen LogP contribution in [0.5, 0.6) is 0 Å². The molecule has 1 aromatic heterocycles. The average Bonchev–Trinajstić information content (AvgIpc) is 2.96. The summed E-state index contributed by atoms with van der Waals surface area (Å²) in [5, 5.41) is 3.08. The first-order valence-electron chi connectivity index (χ1n) is 6.06. The molecule has 0 saturated heterocycles. The predicted molar refractivity (Wildman–Crippen MR) is 64.5 cm³/mol. The van der Waals surface area contributed by atoms with Gasteiger partial charge in [-0.25, -0.2) is 0 Å². The highest BCUT2D eigenvalue weighted by atomic mass is 16.4. The number of nitrogens with one attached hydrogen (secondary N) is 1. The van der Waals surface area contributed by atoms with Crippen molar-refractivity contribution in [1.29, 1.82) is 0 Å². The van der Waals surface area contributed by atoms with Crippen LogP contribution in [-0.2, 0) is 6.54 Å². The van der Waals surface area contributed by atoms with E-state index in [1.165, 1.54) is 12.8 Å². The molecule has 16 heavy (non-hydrogen) atoms. The van der Waals surface area contributed by atoms with Gasteiger partial charge >= 0.3 is 0 Å². The summed E-state index contributed by atoms with van der Waals surface area (Å²) in [4.78, 5) is 6.82. The summed E-state index contributed by atoms with van der Waals surface area (Å²) in [7, 11) is 1.92. The van der Waals surface area contributed by atoms with Crippen molar-refractivity contribution in [3.63, 3.8) is 0 Å². The van der Waals surface area contributed by atoms with Crippen LogP contribution >= 0.6 is 0 Å². The van der Waals surface area contributed by atoms with Gasteiger partial charge in [-0.05, 0) is 25.8 Å². The third-order valence-electron chi connectivity index (χ3n) is 2.69. The van der Waals surface area contributed by atoms with Gasteiger partial charge in [-0.1, -0.05) is 13.8 Å². The number of hydrogen-bond donors (Lipinski definition) is 1. The molecule has 4 heteroatoms. The van der Waals surface area contributed by atoms with E-state index in [4.69, 9.17) is 4.42 Å². The van der Waals surface area contributed by atoms with Crippen molar-refractivity contribution in [3.8, 4) is 0 Å². The molecule has 1 heterocycles. The third kappa shape index (κ3) is 2.76. The molecule has 1 saturated carbocycles. The average molecular weight is 223 g/mol. The fourth-order valence-corrected chi connectivity index (χ4v) is 1.85. The first-order chi connectivity index (χ1) is 7.70. The zero-order chi connectivity index (χ0) is 11.5. The molecular formula is C12H21N3O. The lowest BCUT2D eigenvalue weighted by Gasteiger charge is -2.22. The van der Waals surface area contributed by atoms with E-state index in [0.29, 0.717) is 12.0 Å². The van der Waals surface area contributed by atoms with Crippen LogP contribution in [0.4, 0.5) is 6.01 Å². The summed E-state index contributed by atoms with van der Waals surface area (Å²) in [6, 6.07) is 1.45. The molecule has 1 aromatic rings. The second-order valence-corrected chi connectivity index (χ2v) is 4.93. The zero-order valence-electron chi connectivity index (χ0n) is 10.4. The molecule has 0 unspecified atom stereocenters. The van der Waals surface area contributed by atoms with Crippen LogP contribution in [0.15, 0.2) is 10.7 Å². The number of aromatic nitrogens is 1. The smallest absolute Gasteiger partial charge is 0.297 e. The Hall–Kier alpha value is -1.03. The van der Waals surface area contributed by atoms with Crippen LogP contribution < -0.4 is 10.2 Å². The summed E-state index contributed by atoms with van der Waals surface area (Å²) >= 11 is 0. The van der Waals surface area contributed by atoms with Crippen LogP contribution in [0.3, 0.4) is 0 Å². The second-order valence-electron chi connectivity index (χ2n) is 4.93. The van der Waals surface area contributed by atoms with Crippen LogP contribution in [-0.4, -0.2) is 24.6 Å². The van der Waals surface area contributed by atoms with Gasteiger partial charge in [0.2, 0.25) is 0 Å². The molecule has 0 aromatic carbocycles. The van der Waals surface area contributed by atoms with E-state index in [1.54, 1.807) is 6.26 Å². The highest BCUT2D eigenvalue weighted by Gasteiger charge is 2.32. The molecule has 0 aliphatic heterocycles. The van der Waals surface area contributed by atoms with Crippen LogP contribution in [0.1, 0.15) is 32.4 Å². The molecule has 1 aliphatic rings. The van der Waals surface area contributed by atoms with Gasteiger partial charge in [0.15, 0.2) is 0 Å². The molecule has 90 valence electrons. The van der Waals surface area contributed by atoms with Gasteiger partial charge in [-0.3, -0.25) is 0 Å². The van der Waals surface area contributed by atoms with Crippen LogP contribution in [0.25, 0.3) is 0 Å². The van der Waals surface area contributed by atoms with E-state index in [-0.39, 0.29) is 0 Å². The van der Waals surface area contributed by atoms with E-state index in [0.717, 1.165) is 24.8 Å². The van der Waals surface area contributed by atoms with E-state index >= 15 is 0 Å². The number of hydrogen-bond acceptors (Lipinski definition) is 4. The Labute approximate surface area is 97.0 Å². The molecule has 0 radical (unpaired) electrons. The van der Waals surface area contributed by atoms with E-state index in [9.17, 15) is 0 Å². The number of nitrogens with zero attached hydrogens (tertiary/aromatic N) is 2. The van der Waals surface area contributed by atoms with E-state index < -0.39 is 0 Å². The highest BCUT2D eigenvalue weighted by molar-refractivity contribution is 5.31. The number of rotatable bonds is 6. The van der Waals surface area contributed by atoms with Crippen molar-refractivity contribution in [2.75, 3.05) is 18.5 Å². The predicted octanol–water partition coefficient (Wildman–Crippen LogP) is 2.02. The SMILES string of the molecule is CNCc1coc(N(CC(C)C)C2CC2)n1. The summed E-state index contributed by atoms with van der Waals surface area (Å²) in [5.41, 5.74) is 0.979. The van der Waals surface area contributed by atoms with E-state index in [2.05, 4.69) is 29.0 Å². The Balaban J connectivity index is 2.05. The zero-order valence-corrected chi connectivity index (χ0v) is 10.4. The van der Waals surface area contributed by atoms with Crippen LogP contribution in [0, 0.1) is 5.92 Å². The fraction of sp³-hybridized carbons (Fsp3) is 0.750. The fourth-order valence-electron chi connectivity index (χ4n) is 1.85. The highest BCUT2D eigenvalue weighted by Crippen LogP contribution is 2.31. The molecule has 1 fully saturated rings. The summed E-state index contributed by atoms with van der Waals surface area (Å²) in [6.07, 6.45) is 4.30. The molecule has 0 spiro atoms.